The van der Waals surface area contributed by atoms with Crippen molar-refractivity contribution in [1.29, 1.82) is 0 Å². The van der Waals surface area contributed by atoms with E-state index in [1.807, 2.05) is 13.8 Å². The van der Waals surface area contributed by atoms with Gasteiger partial charge in [-0.05, 0) is 44.7 Å². The van der Waals surface area contributed by atoms with Crippen molar-refractivity contribution >= 4 is 5.78 Å². The van der Waals surface area contributed by atoms with Crippen LogP contribution in [0.2, 0.25) is 0 Å². The standard InChI is InChI=1S/C16H25N3O2/c1-5-9-21-16(6-2)15(13(4)20)10-12(3)19-14(11-18)7-8-17/h6-8,10-11,19H,3,5,9,17-18H2,1-2,4H3/b8-7-,14-11+,15-10-,16-6+. The molecule has 5 heteroatoms. The Hall–Kier alpha value is -2.43. The van der Waals surface area contributed by atoms with E-state index in [1.54, 1.807) is 18.2 Å². The van der Waals surface area contributed by atoms with Crippen molar-refractivity contribution in [2.75, 3.05) is 6.61 Å². The number of rotatable bonds is 9. The molecule has 0 aliphatic heterocycles. The van der Waals surface area contributed by atoms with E-state index < -0.39 is 0 Å². The Balaban J connectivity index is 5.19. The number of Topliss-reactive ketones (excluding diaryl/α,β-unsaturated/α-hetero) is 1. The van der Waals surface area contributed by atoms with Crippen molar-refractivity contribution in [2.24, 2.45) is 11.5 Å². The Morgan fingerprint density at radius 1 is 1.38 bits per heavy atom. The Labute approximate surface area is 126 Å². The fourth-order valence-corrected chi connectivity index (χ4v) is 1.51. The second-order valence-corrected chi connectivity index (χ2v) is 4.25. The van der Waals surface area contributed by atoms with Crippen LogP contribution in [0.5, 0.6) is 0 Å². The molecular formula is C16H25N3O2. The van der Waals surface area contributed by atoms with Crippen molar-refractivity contribution in [2.45, 2.75) is 27.2 Å². The third-order valence-electron chi connectivity index (χ3n) is 2.45. The lowest BCUT2D eigenvalue weighted by atomic mass is 10.1. The van der Waals surface area contributed by atoms with E-state index in [0.29, 0.717) is 29.3 Å². The number of allylic oxidation sites excluding steroid dienone is 4. The van der Waals surface area contributed by atoms with Crippen LogP contribution >= 0.6 is 0 Å². The second kappa shape index (κ2) is 10.4. The third kappa shape index (κ3) is 7.06. The predicted octanol–water partition coefficient (Wildman–Crippen LogP) is 2.21. The SMILES string of the molecule is C=C(/C=C(C(C)=O)\C(=C/C)OCCC)NC(/C=C\N)=C/N. The van der Waals surface area contributed by atoms with Gasteiger partial charge in [0.1, 0.15) is 5.76 Å². The van der Waals surface area contributed by atoms with Crippen molar-refractivity contribution in [1.82, 2.24) is 5.32 Å². The molecule has 0 saturated carbocycles. The first-order valence-corrected chi connectivity index (χ1v) is 6.78. The highest BCUT2D eigenvalue weighted by Gasteiger charge is 2.11. The van der Waals surface area contributed by atoms with Crippen LogP contribution in [0.15, 0.2) is 59.9 Å². The number of nitrogens with two attached hydrogens (primary N) is 2. The van der Waals surface area contributed by atoms with Gasteiger partial charge in [0.2, 0.25) is 0 Å². The first kappa shape index (κ1) is 18.6. The maximum absolute atomic E-state index is 11.8. The van der Waals surface area contributed by atoms with Gasteiger partial charge in [-0.25, -0.2) is 0 Å². The monoisotopic (exact) mass is 291 g/mol. The molecule has 0 radical (unpaired) electrons. The summed E-state index contributed by atoms with van der Waals surface area (Å²) in [6, 6.07) is 0. The minimum absolute atomic E-state index is 0.102. The lowest BCUT2D eigenvalue weighted by Gasteiger charge is -2.13. The van der Waals surface area contributed by atoms with E-state index in [1.165, 1.54) is 19.3 Å². The molecule has 0 rings (SSSR count). The largest absolute Gasteiger partial charge is 0.493 e. The quantitative estimate of drug-likeness (QED) is 0.344. The van der Waals surface area contributed by atoms with Gasteiger partial charge < -0.3 is 21.5 Å². The zero-order valence-electron chi connectivity index (χ0n) is 13.0. The van der Waals surface area contributed by atoms with Gasteiger partial charge in [0.05, 0.1) is 17.9 Å². The summed E-state index contributed by atoms with van der Waals surface area (Å²) in [4.78, 5) is 11.8. The summed E-state index contributed by atoms with van der Waals surface area (Å²) < 4.78 is 5.57. The van der Waals surface area contributed by atoms with Crippen LogP contribution < -0.4 is 16.8 Å². The first-order chi connectivity index (χ1) is 9.99. The van der Waals surface area contributed by atoms with Gasteiger partial charge >= 0.3 is 0 Å². The molecular weight excluding hydrogens is 266 g/mol. The molecule has 0 bridgehead atoms. The number of hydrogen-bond donors (Lipinski definition) is 3. The Morgan fingerprint density at radius 2 is 2.05 bits per heavy atom. The van der Waals surface area contributed by atoms with Gasteiger partial charge in [-0.2, -0.15) is 0 Å². The van der Waals surface area contributed by atoms with Crippen molar-refractivity contribution < 1.29 is 9.53 Å². The number of ketones is 1. The van der Waals surface area contributed by atoms with Crippen LogP contribution in [0.1, 0.15) is 27.2 Å². The Bertz CT molecular complexity index is 486. The Morgan fingerprint density at radius 3 is 2.48 bits per heavy atom. The molecule has 0 amide bonds. The smallest absolute Gasteiger partial charge is 0.163 e. The van der Waals surface area contributed by atoms with Gasteiger partial charge in [-0.15, -0.1) is 0 Å². The average molecular weight is 291 g/mol. The number of ether oxygens (including phenoxy) is 1. The number of nitrogens with one attached hydrogen (secondary N) is 1. The zero-order chi connectivity index (χ0) is 16.3. The first-order valence-electron chi connectivity index (χ1n) is 6.78. The molecule has 0 unspecified atom stereocenters. The summed E-state index contributed by atoms with van der Waals surface area (Å²) in [5.74, 6) is 0.440. The van der Waals surface area contributed by atoms with Crippen molar-refractivity contribution in [3.63, 3.8) is 0 Å². The molecule has 0 aromatic carbocycles. The van der Waals surface area contributed by atoms with Crippen LogP contribution in [0.4, 0.5) is 0 Å². The van der Waals surface area contributed by atoms with E-state index >= 15 is 0 Å². The number of carbonyl (C=O) groups excluding carboxylic acids is 1. The number of hydrogen-bond acceptors (Lipinski definition) is 5. The molecule has 21 heavy (non-hydrogen) atoms. The zero-order valence-corrected chi connectivity index (χ0v) is 13.0. The molecule has 0 aromatic rings. The minimum Gasteiger partial charge on any atom is -0.493 e. The van der Waals surface area contributed by atoms with Crippen LogP contribution in [0.3, 0.4) is 0 Å². The van der Waals surface area contributed by atoms with Crippen LogP contribution in [0, 0.1) is 0 Å². The molecule has 0 spiro atoms. The van der Waals surface area contributed by atoms with Gasteiger partial charge in [0, 0.05) is 11.9 Å². The van der Waals surface area contributed by atoms with Crippen molar-refractivity contribution in [3.8, 4) is 0 Å². The normalized spacial score (nSPS) is 13.4. The molecule has 0 fully saturated rings. The van der Waals surface area contributed by atoms with Crippen molar-refractivity contribution in [3.05, 3.63) is 59.9 Å². The highest BCUT2D eigenvalue weighted by molar-refractivity contribution is 5.97. The van der Waals surface area contributed by atoms with Gasteiger partial charge in [0.25, 0.3) is 0 Å². The lowest BCUT2D eigenvalue weighted by molar-refractivity contribution is -0.113. The number of carbonyl (C=O) groups is 1. The van der Waals surface area contributed by atoms with Gasteiger partial charge in [-0.1, -0.05) is 13.5 Å². The maximum Gasteiger partial charge on any atom is 0.163 e. The lowest BCUT2D eigenvalue weighted by Crippen LogP contribution is -2.13. The van der Waals surface area contributed by atoms with E-state index in [9.17, 15) is 4.79 Å². The van der Waals surface area contributed by atoms with E-state index in [2.05, 4.69) is 11.9 Å². The molecule has 5 nitrogen and oxygen atoms in total. The predicted molar refractivity (Wildman–Crippen MR) is 86.6 cm³/mol. The fraction of sp³-hybridized carbons (Fsp3) is 0.312. The molecule has 0 atom stereocenters. The summed E-state index contributed by atoms with van der Waals surface area (Å²) >= 11 is 0. The Kier molecular flexibility index (Phi) is 9.17. The molecule has 0 aliphatic rings. The van der Waals surface area contributed by atoms with Crippen LogP contribution in [0.25, 0.3) is 0 Å². The van der Waals surface area contributed by atoms with E-state index in [-0.39, 0.29) is 5.78 Å². The van der Waals surface area contributed by atoms with E-state index in [0.717, 1.165) is 6.42 Å². The molecule has 0 aliphatic carbocycles. The average Bonchev–Trinajstić information content (AvgIpc) is 2.45. The van der Waals surface area contributed by atoms with Crippen LogP contribution in [-0.2, 0) is 9.53 Å². The van der Waals surface area contributed by atoms with Gasteiger partial charge in [-0.3, -0.25) is 4.79 Å². The molecule has 0 saturated heterocycles. The second-order valence-electron chi connectivity index (χ2n) is 4.25. The molecule has 0 aromatic heterocycles. The van der Waals surface area contributed by atoms with E-state index in [4.69, 9.17) is 16.2 Å². The van der Waals surface area contributed by atoms with Gasteiger partial charge in [0.15, 0.2) is 5.78 Å². The molecule has 5 N–H and O–H groups in total. The third-order valence-corrected chi connectivity index (χ3v) is 2.45. The highest BCUT2D eigenvalue weighted by atomic mass is 16.5. The molecule has 116 valence electrons. The summed E-state index contributed by atoms with van der Waals surface area (Å²) in [7, 11) is 0. The summed E-state index contributed by atoms with van der Waals surface area (Å²) in [6.07, 6.45) is 8.56. The highest BCUT2D eigenvalue weighted by Crippen LogP contribution is 2.15. The summed E-state index contributed by atoms with van der Waals surface area (Å²) in [6.45, 7) is 9.71. The summed E-state index contributed by atoms with van der Waals surface area (Å²) in [5.41, 5.74) is 12.3. The maximum atomic E-state index is 11.8. The van der Waals surface area contributed by atoms with Crippen LogP contribution in [-0.4, -0.2) is 12.4 Å². The fourth-order valence-electron chi connectivity index (χ4n) is 1.51. The molecule has 0 heterocycles. The minimum atomic E-state index is -0.102. The topological polar surface area (TPSA) is 90.4 Å². The summed E-state index contributed by atoms with van der Waals surface area (Å²) in [5, 5.41) is 2.95.